The van der Waals surface area contributed by atoms with E-state index in [0.29, 0.717) is 30.4 Å². The van der Waals surface area contributed by atoms with Gasteiger partial charge in [0.05, 0.1) is 43.4 Å². The van der Waals surface area contributed by atoms with Crippen LogP contribution in [0.15, 0.2) is 18.2 Å². The van der Waals surface area contributed by atoms with Gasteiger partial charge in [-0.05, 0) is 37.1 Å². The topological polar surface area (TPSA) is 101 Å². The second kappa shape index (κ2) is 11.0. The fourth-order valence-corrected chi connectivity index (χ4v) is 8.49. The number of aromatic nitrogens is 2. The maximum Gasteiger partial charge on any atom is 0.417 e. The summed E-state index contributed by atoms with van der Waals surface area (Å²) >= 11 is 0.622. The Morgan fingerprint density at radius 1 is 1.23 bits per heavy atom. The van der Waals surface area contributed by atoms with Crippen LogP contribution < -0.4 is 15.4 Å². The molecule has 2 aromatic carbocycles. The molecule has 0 bridgehead atoms. The number of nitrogens with zero attached hydrogens (tertiary/aromatic N) is 5. The molecule has 252 valence electrons. The number of hydrogen-bond acceptors (Lipinski definition) is 9. The number of halogens is 7. The van der Waals surface area contributed by atoms with E-state index in [0.717, 1.165) is 12.1 Å². The third kappa shape index (κ3) is 4.76. The first-order valence-electron chi connectivity index (χ1n) is 16.3. The Kier molecular flexibility index (Phi) is 6.67. The molecule has 4 aliphatic rings. The molecule has 0 spiro atoms. The SMILES string of the molecule is [2H]C([2H])(Oc1nc(N2CCOC[C@H]3[C@H](F)[C@H]32)c2cc(C(F)(F)F)c(-c3ccc(F)c4sc(N)c(C#N)c34)c(F)c2n1)[C@@]12CCCN1C[C@H](F)C2. The standard InChI is InChI=1S/C32H27F7N6O2S/c33-14-9-31(4-1-5-44(31)11-14)13-47-30-42-25-16(29(43-30)45-6-7-46-12-18-23(35)26(18)45)8-19(32(37,38)39)22(24(25)36)15-2-3-20(34)27-21(15)17(10-40)28(41)48-27/h2-3,8,14,18,23,26H,1,4-7,9,11-13,41H2/t14-,18+,23+,26+,31+/m1/s1/i13D2. The summed E-state index contributed by atoms with van der Waals surface area (Å²) in [7, 11) is 0. The van der Waals surface area contributed by atoms with E-state index in [4.69, 9.17) is 17.9 Å². The van der Waals surface area contributed by atoms with Crippen molar-refractivity contribution in [3.05, 3.63) is 41.0 Å². The highest BCUT2D eigenvalue weighted by Crippen LogP contribution is 2.50. The molecule has 5 atom stereocenters. The second-order valence-corrected chi connectivity index (χ2v) is 13.6. The number of nitrogens with two attached hydrogens (primary N) is 1. The van der Waals surface area contributed by atoms with Gasteiger partial charge in [0, 0.05) is 41.8 Å². The van der Waals surface area contributed by atoms with Crippen molar-refractivity contribution in [2.75, 3.05) is 50.0 Å². The Hall–Kier alpha value is -3.94. The number of fused-ring (bicyclic) bond motifs is 4. The lowest BCUT2D eigenvalue weighted by molar-refractivity contribution is -0.137. The average molecular weight is 695 g/mol. The van der Waals surface area contributed by atoms with Gasteiger partial charge in [-0.2, -0.15) is 28.4 Å². The predicted octanol–water partition coefficient (Wildman–Crippen LogP) is 6.39. The highest BCUT2D eigenvalue weighted by molar-refractivity contribution is 7.23. The van der Waals surface area contributed by atoms with E-state index in [-0.39, 0.29) is 65.6 Å². The highest BCUT2D eigenvalue weighted by Gasteiger charge is 2.57. The van der Waals surface area contributed by atoms with Crippen LogP contribution in [0.4, 0.5) is 41.6 Å². The Morgan fingerprint density at radius 3 is 2.81 bits per heavy atom. The first-order chi connectivity index (χ1) is 23.7. The van der Waals surface area contributed by atoms with Crippen molar-refractivity contribution in [3.63, 3.8) is 0 Å². The van der Waals surface area contributed by atoms with Gasteiger partial charge in [0.15, 0.2) is 5.82 Å². The molecule has 4 aromatic rings. The number of alkyl halides is 5. The summed E-state index contributed by atoms with van der Waals surface area (Å²) in [4.78, 5) is 11.4. The van der Waals surface area contributed by atoms with E-state index in [1.165, 1.54) is 4.90 Å². The average Bonchev–Trinajstić information content (AvgIpc) is 3.23. The zero-order valence-electron chi connectivity index (χ0n) is 26.9. The maximum atomic E-state index is 17.1. The molecule has 8 nitrogen and oxygen atoms in total. The van der Waals surface area contributed by atoms with Gasteiger partial charge >= 0.3 is 12.2 Å². The van der Waals surface area contributed by atoms with E-state index in [2.05, 4.69) is 9.97 Å². The van der Waals surface area contributed by atoms with Gasteiger partial charge in [-0.25, -0.2) is 17.6 Å². The molecule has 0 radical (unpaired) electrons. The van der Waals surface area contributed by atoms with Crippen LogP contribution in [0.3, 0.4) is 0 Å². The fourth-order valence-electron chi connectivity index (χ4n) is 7.54. The molecule has 8 rings (SSSR count). The number of nitriles is 1. The molecule has 5 heterocycles. The minimum absolute atomic E-state index is 0.0242. The van der Waals surface area contributed by atoms with Crippen LogP contribution in [0.25, 0.3) is 32.1 Å². The van der Waals surface area contributed by atoms with Crippen molar-refractivity contribution < 1.29 is 42.9 Å². The largest absolute Gasteiger partial charge is 0.461 e. The van der Waals surface area contributed by atoms with Gasteiger partial charge in [-0.1, -0.05) is 6.07 Å². The molecular weight excluding hydrogens is 665 g/mol. The van der Waals surface area contributed by atoms with Gasteiger partial charge in [0.1, 0.15) is 47.1 Å². The zero-order valence-corrected chi connectivity index (χ0v) is 25.7. The van der Waals surface area contributed by atoms with Crippen molar-refractivity contribution in [3.8, 4) is 23.2 Å². The summed E-state index contributed by atoms with van der Waals surface area (Å²) in [5.41, 5.74) is 0.390. The minimum Gasteiger partial charge on any atom is -0.461 e. The van der Waals surface area contributed by atoms with Crippen LogP contribution in [0, 0.1) is 28.9 Å². The first-order valence-corrected chi connectivity index (χ1v) is 16.1. The normalized spacial score (nSPS) is 28.2. The summed E-state index contributed by atoms with van der Waals surface area (Å²) in [6.45, 7) is -2.24. The minimum atomic E-state index is -5.22. The lowest BCUT2D eigenvalue weighted by Gasteiger charge is -2.31. The number of benzene rings is 2. The number of anilines is 2. The van der Waals surface area contributed by atoms with E-state index < -0.39 is 87.8 Å². The van der Waals surface area contributed by atoms with Gasteiger partial charge in [0.2, 0.25) is 0 Å². The highest BCUT2D eigenvalue weighted by atomic mass is 32.1. The Bertz CT molecular complexity index is 2110. The van der Waals surface area contributed by atoms with Crippen LogP contribution in [0.2, 0.25) is 0 Å². The Balaban J connectivity index is 1.39. The Labute approximate surface area is 275 Å². The van der Waals surface area contributed by atoms with E-state index in [1.54, 1.807) is 11.0 Å². The molecular formula is C32H27F7N6O2S. The van der Waals surface area contributed by atoms with Crippen LogP contribution in [-0.2, 0) is 10.9 Å². The molecule has 48 heavy (non-hydrogen) atoms. The van der Waals surface area contributed by atoms with Crippen molar-refractivity contribution in [1.29, 1.82) is 5.26 Å². The van der Waals surface area contributed by atoms with Crippen LogP contribution in [-0.4, -0.2) is 78.2 Å². The predicted molar refractivity (Wildman–Crippen MR) is 163 cm³/mol. The molecule has 2 aromatic heterocycles. The van der Waals surface area contributed by atoms with Crippen molar-refractivity contribution in [1.82, 2.24) is 14.9 Å². The second-order valence-electron chi connectivity index (χ2n) is 12.5. The molecule has 0 amide bonds. The summed E-state index contributed by atoms with van der Waals surface area (Å²) in [5, 5.41) is 8.82. The Morgan fingerprint density at radius 2 is 2.04 bits per heavy atom. The first kappa shape index (κ1) is 29.0. The molecule has 4 fully saturated rings. The van der Waals surface area contributed by atoms with E-state index in [9.17, 15) is 27.2 Å². The lowest BCUT2D eigenvalue weighted by Crippen LogP contribution is -2.43. The lowest BCUT2D eigenvalue weighted by atomic mass is 9.92. The van der Waals surface area contributed by atoms with Gasteiger partial charge in [0.25, 0.3) is 0 Å². The van der Waals surface area contributed by atoms with Crippen molar-refractivity contribution >= 4 is 43.1 Å². The van der Waals surface area contributed by atoms with Crippen LogP contribution in [0.5, 0.6) is 6.01 Å². The van der Waals surface area contributed by atoms with Crippen molar-refractivity contribution in [2.45, 2.75) is 49.4 Å². The summed E-state index contributed by atoms with van der Waals surface area (Å²) in [6, 6.07) is 2.49. The zero-order chi connectivity index (χ0) is 35.5. The van der Waals surface area contributed by atoms with E-state index in [1.807, 2.05) is 0 Å². The number of hydrogen-bond donors (Lipinski definition) is 1. The maximum absolute atomic E-state index is 17.1. The summed E-state index contributed by atoms with van der Waals surface area (Å²) < 4.78 is 135. The van der Waals surface area contributed by atoms with Crippen molar-refractivity contribution in [2.24, 2.45) is 5.92 Å². The summed E-state index contributed by atoms with van der Waals surface area (Å²) in [6.07, 6.45) is -7.41. The molecule has 1 saturated carbocycles. The van der Waals surface area contributed by atoms with E-state index >= 15 is 8.78 Å². The quantitative estimate of drug-likeness (QED) is 0.240. The van der Waals surface area contributed by atoms with Gasteiger partial charge in [-0.15, -0.1) is 11.3 Å². The molecule has 0 unspecified atom stereocenters. The molecule has 2 N–H and O–H groups in total. The number of thiophene rings is 1. The molecule has 3 saturated heterocycles. The molecule has 16 heteroatoms. The van der Waals surface area contributed by atoms with Gasteiger partial charge in [-0.3, -0.25) is 4.90 Å². The smallest absolute Gasteiger partial charge is 0.417 e. The summed E-state index contributed by atoms with van der Waals surface area (Å²) in [5.74, 6) is -3.41. The number of rotatable bonds is 5. The fraction of sp³-hybridized carbons (Fsp3) is 0.469. The van der Waals surface area contributed by atoms with Crippen LogP contribution in [0.1, 0.15) is 33.1 Å². The molecule has 3 aliphatic heterocycles. The third-order valence-electron chi connectivity index (χ3n) is 9.78. The number of ether oxygens (including phenoxy) is 2. The van der Waals surface area contributed by atoms with Gasteiger partial charge < -0.3 is 20.1 Å². The molecule has 1 aliphatic carbocycles. The third-order valence-corrected chi connectivity index (χ3v) is 10.8. The monoisotopic (exact) mass is 694 g/mol. The van der Waals surface area contributed by atoms with Crippen LogP contribution >= 0.6 is 11.3 Å². The number of nitrogen functional groups attached to an aromatic ring is 1.